The van der Waals surface area contributed by atoms with Gasteiger partial charge in [-0.2, -0.15) is 0 Å². The quantitative estimate of drug-likeness (QED) is 0.190. The van der Waals surface area contributed by atoms with Crippen molar-refractivity contribution in [2.75, 3.05) is 0 Å². The van der Waals surface area contributed by atoms with Crippen LogP contribution in [0.3, 0.4) is 0 Å². The van der Waals surface area contributed by atoms with E-state index in [-0.39, 0.29) is 59.1 Å². The van der Waals surface area contributed by atoms with Crippen molar-refractivity contribution in [1.29, 1.82) is 0 Å². The number of carboxylic acid groups (broad SMARTS) is 1. The van der Waals surface area contributed by atoms with Crippen LogP contribution in [0.15, 0.2) is 5.34 Å². The van der Waals surface area contributed by atoms with Crippen molar-refractivity contribution < 1.29 is 69.0 Å². The number of rotatable bonds is 1. The summed E-state index contributed by atoms with van der Waals surface area (Å²) in [6.07, 6.45) is 0. The smallest absolute Gasteiger partial charge is 0.547 e. The van der Waals surface area contributed by atoms with Crippen LogP contribution in [-0.4, -0.2) is 10.8 Å². The topological polar surface area (TPSA) is 92.6 Å². The Hall–Kier alpha value is 1.45. The number of carboxylic acids is 1. The third-order valence-corrected chi connectivity index (χ3v) is 0.535. The molecule has 0 bridgehead atoms. The zero-order valence-electron chi connectivity index (χ0n) is 5.91. The molecule has 5 nitrogen and oxygen atoms in total. The molecular weight excluding hydrogens is 219 g/mol. The molecule has 0 rings (SSSR count). The number of hydrogen-bond donors (Lipinski definition) is 0. The molecule has 9 heteroatoms. The van der Waals surface area contributed by atoms with Crippen LogP contribution >= 0.6 is 23.2 Å². The first-order chi connectivity index (χ1) is 4.06. The van der Waals surface area contributed by atoms with Crippen molar-refractivity contribution in [2.24, 2.45) is 5.34 Å². The van der Waals surface area contributed by atoms with Gasteiger partial charge in [0, 0.05) is 0 Å². The van der Waals surface area contributed by atoms with Gasteiger partial charge >= 0.3 is 59.1 Å². The van der Waals surface area contributed by atoms with Crippen LogP contribution < -0.4 is 64.2 Å². The molecule has 0 saturated heterocycles. The fourth-order valence-corrected chi connectivity index (χ4v) is 0. The molecule has 0 heterocycles. The van der Waals surface area contributed by atoms with E-state index in [1.807, 2.05) is 0 Å². The Bertz CT molecular complexity index is 102. The summed E-state index contributed by atoms with van der Waals surface area (Å²) in [5.74, 6) is -1.46. The molecule has 0 radical (unpaired) electrons. The van der Waals surface area contributed by atoms with Gasteiger partial charge < -0.3 is 20.0 Å². The van der Waals surface area contributed by atoms with Crippen molar-refractivity contribution >= 4 is 29.2 Å². The van der Waals surface area contributed by atoms with Gasteiger partial charge in [0.05, 0.1) is 5.97 Å². The molecule has 0 amide bonds. The molecule has 0 aliphatic rings. The van der Waals surface area contributed by atoms with E-state index in [1.165, 1.54) is 0 Å². The van der Waals surface area contributed by atoms with Crippen molar-refractivity contribution in [1.82, 2.24) is 0 Å². The molecule has 0 aliphatic carbocycles. The van der Waals surface area contributed by atoms with E-state index in [4.69, 9.17) is 33.3 Å². The van der Waals surface area contributed by atoms with Gasteiger partial charge in [0.2, 0.25) is 0 Å². The standard InChI is InChI=1S/C2H2Cl2O2.HNO2.2Na/c3-1(4)2(5)6;2-1-3;;/h1H,(H,5,6);(H,2,3);;/q;;2*+1/p-2. The minimum Gasteiger partial charge on any atom is -0.547 e. The third-order valence-electron chi connectivity index (χ3n) is 0.178. The summed E-state index contributed by atoms with van der Waals surface area (Å²) < 4.78 is 0. The summed E-state index contributed by atoms with van der Waals surface area (Å²) >= 11 is 9.43. The molecule has 0 atom stereocenters. The van der Waals surface area contributed by atoms with Crippen molar-refractivity contribution in [3.63, 3.8) is 0 Å². The number of halogens is 2. The minimum absolute atomic E-state index is 0. The number of nitrogens with zero attached hydrogens (tertiary/aromatic N) is 1. The average Bonchev–Trinajstić information content (AvgIpc) is 1.68. The van der Waals surface area contributed by atoms with E-state index in [2.05, 4.69) is 0 Å². The van der Waals surface area contributed by atoms with Gasteiger partial charge in [0.25, 0.3) is 0 Å². The summed E-state index contributed by atoms with van der Waals surface area (Å²) in [7, 11) is 0. The fourth-order valence-electron chi connectivity index (χ4n) is 0. The van der Waals surface area contributed by atoms with Gasteiger partial charge in [-0.1, -0.05) is 23.2 Å². The summed E-state index contributed by atoms with van der Waals surface area (Å²) in [5.41, 5.74) is 0. The Labute approximate surface area is 117 Å². The van der Waals surface area contributed by atoms with Crippen LogP contribution in [0.4, 0.5) is 0 Å². The fraction of sp³-hybridized carbons (Fsp3) is 0.500. The van der Waals surface area contributed by atoms with E-state index in [9.17, 15) is 9.90 Å². The molecule has 11 heavy (non-hydrogen) atoms. The van der Waals surface area contributed by atoms with E-state index >= 15 is 0 Å². The second-order valence-corrected chi connectivity index (χ2v) is 1.79. The van der Waals surface area contributed by atoms with E-state index in [0.717, 1.165) is 5.34 Å². The predicted molar refractivity (Wildman–Crippen MR) is 29.7 cm³/mol. The number of alkyl halides is 2. The SMILES string of the molecule is O=C([O-])C(Cl)Cl.O=N[O-].[Na+].[Na+]. The molecule has 0 unspecified atom stereocenters. The Balaban J connectivity index is -0.0000000437. The van der Waals surface area contributed by atoms with Crippen molar-refractivity contribution in [3.8, 4) is 0 Å². The maximum atomic E-state index is 9.32. The van der Waals surface area contributed by atoms with Gasteiger partial charge in [0.15, 0.2) is 0 Å². The molecule has 0 saturated carbocycles. The predicted octanol–water partition coefficient (Wildman–Crippen LogP) is -6.20. The first-order valence-electron chi connectivity index (χ1n) is 1.50. The van der Waals surface area contributed by atoms with Crippen molar-refractivity contribution in [3.05, 3.63) is 10.1 Å². The second-order valence-electron chi connectivity index (χ2n) is 0.694. The van der Waals surface area contributed by atoms with Gasteiger partial charge in [-0.05, 0) is 0 Å². The Morgan fingerprint density at radius 1 is 1.36 bits per heavy atom. The van der Waals surface area contributed by atoms with Gasteiger partial charge in [0.1, 0.15) is 4.84 Å². The maximum absolute atomic E-state index is 9.32. The number of carbonyl (C=O) groups is 1. The summed E-state index contributed by atoms with van der Waals surface area (Å²) in [6, 6.07) is 0. The van der Waals surface area contributed by atoms with Gasteiger partial charge in [-0.3, -0.25) is 0 Å². The third kappa shape index (κ3) is 34.4. The molecule has 0 fully saturated rings. The maximum Gasteiger partial charge on any atom is 1.00 e. The number of hydrogen-bond acceptors (Lipinski definition) is 5. The largest absolute Gasteiger partial charge is 1.00 e. The second kappa shape index (κ2) is 17.5. The van der Waals surface area contributed by atoms with Crippen LogP contribution in [0.2, 0.25) is 0 Å². The Morgan fingerprint density at radius 3 is 1.45 bits per heavy atom. The first kappa shape index (κ1) is 22.9. The molecular formula is C2HCl2NNa2O4. The molecule has 0 N–H and O–H groups in total. The molecule has 54 valence electrons. The Kier molecular flexibility index (Phi) is 36.4. The van der Waals surface area contributed by atoms with Crippen LogP contribution in [0.1, 0.15) is 0 Å². The average molecular weight is 220 g/mol. The van der Waals surface area contributed by atoms with E-state index in [1.54, 1.807) is 0 Å². The zero-order chi connectivity index (χ0) is 7.86. The Morgan fingerprint density at radius 2 is 1.45 bits per heavy atom. The van der Waals surface area contributed by atoms with Gasteiger partial charge in [-0.15, -0.1) is 5.34 Å². The minimum atomic E-state index is -1.46. The first-order valence-corrected chi connectivity index (χ1v) is 2.37. The summed E-state index contributed by atoms with van der Waals surface area (Å²) in [5, 5.41) is 18.3. The van der Waals surface area contributed by atoms with Gasteiger partial charge in [-0.25, -0.2) is 0 Å². The monoisotopic (exact) mass is 219 g/mol. The molecule has 0 aromatic rings. The molecule has 0 aliphatic heterocycles. The van der Waals surface area contributed by atoms with E-state index < -0.39 is 10.8 Å². The number of carbonyl (C=O) groups excluding carboxylic acids is 1. The number of aliphatic carboxylic acids is 1. The molecule has 0 spiro atoms. The van der Waals surface area contributed by atoms with Crippen LogP contribution in [-0.2, 0) is 4.79 Å². The van der Waals surface area contributed by atoms with Crippen molar-refractivity contribution in [2.45, 2.75) is 4.84 Å². The molecule has 0 aromatic carbocycles. The zero-order valence-corrected chi connectivity index (χ0v) is 11.4. The summed E-state index contributed by atoms with van der Waals surface area (Å²) in [4.78, 5) is 15.9. The normalized spacial score (nSPS) is 6.09. The van der Waals surface area contributed by atoms with Crippen LogP contribution in [0.25, 0.3) is 0 Å². The van der Waals surface area contributed by atoms with E-state index in [0.29, 0.717) is 0 Å². The van der Waals surface area contributed by atoms with Crippen LogP contribution in [0, 0.1) is 10.1 Å². The molecule has 0 aromatic heterocycles. The van der Waals surface area contributed by atoms with Crippen LogP contribution in [0.5, 0.6) is 0 Å². The summed E-state index contributed by atoms with van der Waals surface area (Å²) in [6.45, 7) is 0.